The molecule has 26 heteroatoms. The Bertz CT molecular complexity index is 2430. The maximum atomic E-state index is 12.9. The van der Waals surface area contributed by atoms with Gasteiger partial charge in [0, 0.05) is 37.3 Å². The molecule has 7 rings (SSSR count). The second kappa shape index (κ2) is 25.0. The van der Waals surface area contributed by atoms with Gasteiger partial charge in [-0.25, -0.2) is 0 Å². The predicted molar refractivity (Wildman–Crippen MR) is 276 cm³/mol. The number of methoxy groups -OCH3 is 2. The predicted octanol–water partition coefficient (Wildman–Crippen LogP) is 8.23. The first-order valence-corrected chi connectivity index (χ1v) is 27.1. The number of benzene rings is 2. The highest BCUT2D eigenvalue weighted by Crippen LogP contribution is 2.43. The van der Waals surface area contributed by atoms with Crippen molar-refractivity contribution in [3.8, 4) is 17.2 Å². The van der Waals surface area contributed by atoms with Crippen LogP contribution < -0.4 is 19.1 Å². The molecule has 428 valence electrons. The number of hydrogen-bond acceptors (Lipinski definition) is 19. The molecule has 2 atom stereocenters. The fourth-order valence-corrected chi connectivity index (χ4v) is 8.36. The third-order valence-corrected chi connectivity index (χ3v) is 15.7. The van der Waals surface area contributed by atoms with Crippen molar-refractivity contribution in [3.05, 3.63) is 47.5 Å². The molecular formula is C51H74B3F3O19S. The van der Waals surface area contributed by atoms with Gasteiger partial charge in [-0.3, -0.25) is 19.2 Å². The van der Waals surface area contributed by atoms with Gasteiger partial charge in [-0.15, -0.1) is 0 Å². The van der Waals surface area contributed by atoms with Gasteiger partial charge in [-0.05, 0) is 145 Å². The van der Waals surface area contributed by atoms with Crippen LogP contribution in [-0.2, 0) is 66.6 Å². The fourth-order valence-electron chi connectivity index (χ4n) is 7.89. The minimum atomic E-state index is -6.02. The number of ether oxygens (including phenoxy) is 6. The standard InChI is InChI=1S/C22H31BO7.C17H19F3O8S.C12H24B2O4/c1-21(2)22(3,4)30-23(29-21)17-14-15(28-20-8-6-7-13-27-20)9-10-16(17)18(24)11-12-19(25)26-5;1-25-15(22)8-7-13(21)12-6-5-11(27-16-4-2-3-9-26-16)10-14(12)28-29(23,24)17(18,19)20;1-9(2)10(3,4)16-13(15-9)14-17-11(5,6)12(7,8)18-14/h9-10,14,20H,6-8,11-13H2,1-5H3;5-6,10,16H,2-4,7-9H2,1H3;1-8H3. The molecule has 0 bridgehead atoms. The van der Waals surface area contributed by atoms with Gasteiger partial charge in [0.15, 0.2) is 29.9 Å². The fraction of sp³-hybridized carbons (Fsp3) is 0.686. The summed E-state index contributed by atoms with van der Waals surface area (Å²) in [6, 6.07) is 8.45. The Morgan fingerprint density at radius 2 is 0.935 bits per heavy atom. The van der Waals surface area contributed by atoms with Gasteiger partial charge in [0.05, 0.1) is 79.4 Å². The average molecular weight is 1110 g/mol. The van der Waals surface area contributed by atoms with E-state index in [1.54, 1.807) is 18.2 Å². The second-order valence-electron chi connectivity index (χ2n) is 22.1. The number of esters is 2. The molecule has 19 nitrogen and oxygen atoms in total. The molecule has 0 N–H and O–H groups in total. The molecule has 5 fully saturated rings. The van der Waals surface area contributed by atoms with E-state index in [4.69, 9.17) is 46.9 Å². The largest absolute Gasteiger partial charge is 0.534 e. The number of halogens is 3. The minimum Gasteiger partial charge on any atom is -0.469 e. The van der Waals surface area contributed by atoms with Crippen LogP contribution in [0.15, 0.2) is 36.4 Å². The maximum Gasteiger partial charge on any atom is 0.534 e. The summed E-state index contributed by atoms with van der Waals surface area (Å²) in [5.41, 5.74) is -7.63. The highest BCUT2D eigenvalue weighted by atomic mass is 32.2. The average Bonchev–Trinajstić information content (AvgIpc) is 3.82. The Kier molecular flexibility index (Phi) is 20.7. The van der Waals surface area contributed by atoms with E-state index in [2.05, 4.69) is 13.7 Å². The highest BCUT2D eigenvalue weighted by molar-refractivity contribution is 7.88. The van der Waals surface area contributed by atoms with Crippen LogP contribution >= 0.6 is 0 Å². The topological polar surface area (TPSA) is 222 Å². The quantitative estimate of drug-likeness (QED) is 0.0507. The number of carbonyl (C=O) groups is 4. The van der Waals surface area contributed by atoms with Crippen LogP contribution in [0.1, 0.15) is 168 Å². The smallest absolute Gasteiger partial charge is 0.469 e. The molecule has 5 aliphatic heterocycles. The van der Waals surface area contributed by atoms with Gasteiger partial charge in [-0.2, -0.15) is 21.6 Å². The first kappa shape index (κ1) is 63.6. The van der Waals surface area contributed by atoms with E-state index in [0.29, 0.717) is 36.4 Å². The lowest BCUT2D eigenvalue weighted by molar-refractivity contribution is -0.141. The van der Waals surface area contributed by atoms with Crippen LogP contribution in [0, 0.1) is 0 Å². The zero-order chi connectivity index (χ0) is 57.6. The number of alkyl halides is 3. The highest BCUT2D eigenvalue weighted by Gasteiger charge is 2.64. The Balaban J connectivity index is 0.000000220. The third-order valence-electron chi connectivity index (χ3n) is 14.7. The summed E-state index contributed by atoms with van der Waals surface area (Å²) in [5.74, 6) is -2.41. The molecular weight excluding hydrogens is 1040 g/mol. The summed E-state index contributed by atoms with van der Waals surface area (Å²) >= 11 is 0. The number of Topliss-reactive ketones (excluding diaryl/α,β-unsaturated/α-hetero) is 2. The van der Waals surface area contributed by atoms with Gasteiger partial charge in [-0.1, -0.05) is 0 Å². The Morgan fingerprint density at radius 1 is 0.558 bits per heavy atom. The molecule has 0 spiro atoms. The van der Waals surface area contributed by atoms with Crippen molar-refractivity contribution in [1.29, 1.82) is 0 Å². The first-order chi connectivity index (χ1) is 35.5. The summed E-state index contributed by atoms with van der Waals surface area (Å²) in [4.78, 5) is 47.8. The molecule has 5 saturated heterocycles. The molecule has 0 aliphatic carbocycles. The van der Waals surface area contributed by atoms with Crippen LogP contribution in [0.25, 0.3) is 0 Å². The van der Waals surface area contributed by atoms with Crippen molar-refractivity contribution in [2.24, 2.45) is 0 Å². The number of carbonyl (C=O) groups excluding carboxylic acids is 4. The molecule has 5 heterocycles. The summed E-state index contributed by atoms with van der Waals surface area (Å²) in [6.07, 6.45) is 3.47. The monoisotopic (exact) mass is 1110 g/mol. The molecule has 0 radical (unpaired) electrons. The molecule has 2 aromatic rings. The van der Waals surface area contributed by atoms with E-state index in [-0.39, 0.29) is 59.5 Å². The third kappa shape index (κ3) is 16.2. The lowest BCUT2D eigenvalue weighted by Gasteiger charge is -2.32. The lowest BCUT2D eigenvalue weighted by Crippen LogP contribution is -2.41. The summed E-state index contributed by atoms with van der Waals surface area (Å²) in [7, 11) is -5.28. The Labute approximate surface area is 451 Å². The van der Waals surface area contributed by atoms with E-state index in [1.807, 2.05) is 83.1 Å². The van der Waals surface area contributed by atoms with Crippen LogP contribution in [0.3, 0.4) is 0 Å². The van der Waals surface area contributed by atoms with Crippen LogP contribution in [0.4, 0.5) is 13.2 Å². The van der Waals surface area contributed by atoms with Crippen molar-refractivity contribution >= 4 is 60.2 Å². The van der Waals surface area contributed by atoms with E-state index in [1.165, 1.54) is 13.2 Å². The SMILES string of the molecule is CC1(C)OB(B2OC(C)(C)C(C)(C)O2)OC1(C)C.COC(=O)CCC(=O)c1ccc(OC2CCCCO2)cc1B1OC(C)(C)C(C)(C)O1.COC(=O)CCC(=O)c1ccc(OC2CCCCO2)cc1OS(=O)(=O)C(F)(F)F. The molecule has 2 unspecified atom stereocenters. The molecule has 0 amide bonds. The zero-order valence-corrected chi connectivity index (χ0v) is 47.5. The van der Waals surface area contributed by atoms with Crippen molar-refractivity contribution in [1.82, 2.24) is 0 Å². The van der Waals surface area contributed by atoms with Crippen LogP contribution in [-0.4, -0.2) is 132 Å². The van der Waals surface area contributed by atoms with E-state index in [0.717, 1.165) is 51.3 Å². The summed E-state index contributed by atoms with van der Waals surface area (Å²) < 4.78 is 133. The van der Waals surface area contributed by atoms with Crippen molar-refractivity contribution in [3.63, 3.8) is 0 Å². The summed E-state index contributed by atoms with van der Waals surface area (Å²) in [5, 5.41) is 0. The Hall–Kier alpha value is -4.27. The Morgan fingerprint density at radius 3 is 1.31 bits per heavy atom. The van der Waals surface area contributed by atoms with Gasteiger partial charge < -0.3 is 60.5 Å². The molecule has 77 heavy (non-hydrogen) atoms. The van der Waals surface area contributed by atoms with E-state index in [9.17, 15) is 40.8 Å². The molecule has 0 aromatic heterocycles. The van der Waals surface area contributed by atoms with Crippen molar-refractivity contribution in [2.45, 2.75) is 199 Å². The van der Waals surface area contributed by atoms with Gasteiger partial charge in [0.25, 0.3) is 0 Å². The first-order valence-electron chi connectivity index (χ1n) is 25.7. The number of ketones is 2. The van der Waals surface area contributed by atoms with Crippen molar-refractivity contribution in [2.75, 3.05) is 27.4 Å². The van der Waals surface area contributed by atoms with Crippen LogP contribution in [0.2, 0.25) is 0 Å². The maximum absolute atomic E-state index is 12.9. The van der Waals surface area contributed by atoms with E-state index < -0.39 is 89.7 Å². The molecule has 0 saturated carbocycles. The van der Waals surface area contributed by atoms with Gasteiger partial charge >= 0.3 is 48.7 Å². The van der Waals surface area contributed by atoms with Gasteiger partial charge in [0.1, 0.15) is 11.5 Å². The van der Waals surface area contributed by atoms with Crippen LogP contribution in [0.5, 0.6) is 17.2 Å². The lowest BCUT2D eigenvalue weighted by atomic mass is 9.49. The van der Waals surface area contributed by atoms with E-state index >= 15 is 0 Å². The van der Waals surface area contributed by atoms with Gasteiger partial charge in [0.2, 0.25) is 0 Å². The summed E-state index contributed by atoms with van der Waals surface area (Å²) in [6.45, 7) is 25.2. The minimum absolute atomic E-state index is 0.0201. The molecule has 5 aliphatic rings. The molecule has 2 aromatic carbocycles. The normalized spacial score (nSPS) is 22.8. The number of rotatable bonds is 16. The van der Waals surface area contributed by atoms with Crippen molar-refractivity contribution < 1.29 is 101 Å². The zero-order valence-electron chi connectivity index (χ0n) is 46.6. The number of hydrogen-bond donors (Lipinski definition) is 0. The second-order valence-corrected chi connectivity index (χ2v) is 23.6.